The van der Waals surface area contributed by atoms with Crippen LogP contribution in [0, 0.1) is 18.8 Å². The van der Waals surface area contributed by atoms with E-state index in [0.29, 0.717) is 5.92 Å². The average molecular weight is 326 g/mol. The van der Waals surface area contributed by atoms with E-state index in [0.717, 1.165) is 11.8 Å². The van der Waals surface area contributed by atoms with Gasteiger partial charge in [-0.25, -0.2) is 0 Å². The molecule has 0 aromatic carbocycles. The number of aryl methyl sites for hydroxylation is 1. The molecule has 1 aromatic rings. The number of nitrogens with one attached hydrogen (secondary N) is 1. The monoisotopic (exact) mass is 325 g/mol. The Morgan fingerprint density at radius 2 is 1.39 bits per heavy atom. The van der Waals surface area contributed by atoms with Gasteiger partial charge >= 0.3 is 0 Å². The molecular weight excluding hydrogens is 278 g/mol. The first-order valence-corrected chi connectivity index (χ1v) is 9.85. The molecule has 0 spiro atoms. The predicted molar refractivity (Wildman–Crippen MR) is 110 cm³/mol. The van der Waals surface area contributed by atoms with Gasteiger partial charge in [0.15, 0.2) is 0 Å². The lowest BCUT2D eigenvalue weighted by molar-refractivity contribution is 0.534. The highest BCUT2D eigenvalue weighted by atomic mass is 14.7. The first-order chi connectivity index (χ1) is 10.7. The van der Waals surface area contributed by atoms with Crippen LogP contribution >= 0.6 is 0 Å². The Bertz CT molecular complexity index is 305. The SMILES string of the molecule is CC.CC(C)C.CCCCCC(C)C.Cc1c[nH]c(C(C)C)c1. The average Bonchev–Trinajstić information content (AvgIpc) is 2.88. The van der Waals surface area contributed by atoms with Gasteiger partial charge in [-0.3, -0.25) is 0 Å². The van der Waals surface area contributed by atoms with Crippen LogP contribution in [-0.4, -0.2) is 4.98 Å². The molecule has 0 aliphatic carbocycles. The molecule has 0 fully saturated rings. The smallest absolute Gasteiger partial charge is 0.0175 e. The molecule has 0 saturated carbocycles. The first kappa shape index (κ1) is 27.1. The molecule has 0 atom stereocenters. The van der Waals surface area contributed by atoms with Crippen LogP contribution in [0.25, 0.3) is 0 Å². The van der Waals surface area contributed by atoms with Gasteiger partial charge in [-0.1, -0.05) is 94.9 Å². The Hall–Kier alpha value is -0.720. The maximum Gasteiger partial charge on any atom is 0.0175 e. The minimum Gasteiger partial charge on any atom is -0.365 e. The Labute approximate surface area is 148 Å². The van der Waals surface area contributed by atoms with Crippen LogP contribution in [0.3, 0.4) is 0 Å². The molecule has 1 N–H and O–H groups in total. The molecule has 1 nitrogen and oxygen atoms in total. The van der Waals surface area contributed by atoms with Gasteiger partial charge in [0, 0.05) is 11.9 Å². The van der Waals surface area contributed by atoms with Crippen molar-refractivity contribution in [2.24, 2.45) is 11.8 Å². The summed E-state index contributed by atoms with van der Waals surface area (Å²) >= 11 is 0. The van der Waals surface area contributed by atoms with E-state index in [-0.39, 0.29) is 0 Å². The Morgan fingerprint density at radius 1 is 0.913 bits per heavy atom. The molecule has 0 aliphatic heterocycles. The second-order valence-electron chi connectivity index (χ2n) is 7.41. The molecule has 1 aromatic heterocycles. The Morgan fingerprint density at radius 3 is 1.61 bits per heavy atom. The van der Waals surface area contributed by atoms with Crippen molar-refractivity contribution in [1.29, 1.82) is 0 Å². The van der Waals surface area contributed by atoms with Crippen LogP contribution in [0.4, 0.5) is 0 Å². The van der Waals surface area contributed by atoms with Crippen molar-refractivity contribution in [1.82, 2.24) is 4.98 Å². The van der Waals surface area contributed by atoms with E-state index in [2.05, 4.69) is 73.4 Å². The number of aromatic nitrogens is 1. The second-order valence-corrected chi connectivity index (χ2v) is 7.41. The summed E-state index contributed by atoms with van der Waals surface area (Å²) in [6.45, 7) is 23.8. The molecule has 0 aliphatic rings. The number of aromatic amines is 1. The highest BCUT2D eigenvalue weighted by Crippen LogP contribution is 2.12. The van der Waals surface area contributed by atoms with Gasteiger partial charge < -0.3 is 4.98 Å². The van der Waals surface area contributed by atoms with Crippen molar-refractivity contribution < 1.29 is 0 Å². The lowest BCUT2D eigenvalue weighted by atomic mass is 10.1. The van der Waals surface area contributed by atoms with E-state index in [1.165, 1.54) is 36.9 Å². The fourth-order valence-electron chi connectivity index (χ4n) is 1.66. The molecule has 140 valence electrons. The maximum atomic E-state index is 3.20. The summed E-state index contributed by atoms with van der Waals surface area (Å²) in [4.78, 5) is 3.20. The standard InChI is InChI=1S/C8H13N.C8H18.C4H10.C2H6/c1-6(2)8-4-7(3)5-9-8;1-4-5-6-7-8(2)3;1-4(2)3;1-2/h4-6,9H,1-3H3;8H,4-7H2,1-3H3;4H,1-3H3;1-2H3. The summed E-state index contributed by atoms with van der Waals surface area (Å²) in [6, 6.07) is 2.19. The predicted octanol–water partition coefficient (Wildman–Crippen LogP) is 8.36. The van der Waals surface area contributed by atoms with Crippen LogP contribution in [0.5, 0.6) is 0 Å². The highest BCUT2D eigenvalue weighted by Gasteiger charge is 1.98. The van der Waals surface area contributed by atoms with Crippen molar-refractivity contribution in [2.45, 2.75) is 108 Å². The van der Waals surface area contributed by atoms with Crippen molar-refractivity contribution in [3.8, 4) is 0 Å². The van der Waals surface area contributed by atoms with Gasteiger partial charge in [0.2, 0.25) is 0 Å². The van der Waals surface area contributed by atoms with E-state index in [4.69, 9.17) is 0 Å². The molecule has 1 heterocycles. The summed E-state index contributed by atoms with van der Waals surface area (Å²) in [5.41, 5.74) is 2.64. The van der Waals surface area contributed by atoms with E-state index < -0.39 is 0 Å². The van der Waals surface area contributed by atoms with Crippen molar-refractivity contribution in [2.75, 3.05) is 0 Å². The number of hydrogen-bond acceptors (Lipinski definition) is 0. The summed E-state index contributed by atoms with van der Waals surface area (Å²) in [5.74, 6) is 2.36. The lowest BCUT2D eigenvalue weighted by Crippen LogP contribution is -1.85. The van der Waals surface area contributed by atoms with Gasteiger partial charge in [-0.2, -0.15) is 0 Å². The third kappa shape index (κ3) is 26.5. The summed E-state index contributed by atoms with van der Waals surface area (Å²) in [7, 11) is 0. The Balaban J connectivity index is -0.000000263. The third-order valence-corrected chi connectivity index (χ3v) is 2.86. The van der Waals surface area contributed by atoms with Gasteiger partial charge in [0.1, 0.15) is 0 Å². The molecule has 1 rings (SSSR count). The van der Waals surface area contributed by atoms with Crippen molar-refractivity contribution >= 4 is 0 Å². The normalized spacial score (nSPS) is 9.65. The molecule has 0 amide bonds. The summed E-state index contributed by atoms with van der Waals surface area (Å²) < 4.78 is 0. The zero-order valence-corrected chi connectivity index (χ0v) is 18.2. The molecule has 1 heteroatoms. The van der Waals surface area contributed by atoms with Gasteiger partial charge in [0.25, 0.3) is 0 Å². The molecule has 0 radical (unpaired) electrons. The van der Waals surface area contributed by atoms with Crippen molar-refractivity contribution in [3.63, 3.8) is 0 Å². The first-order valence-electron chi connectivity index (χ1n) is 9.85. The highest BCUT2D eigenvalue weighted by molar-refractivity contribution is 5.16. The topological polar surface area (TPSA) is 15.8 Å². The minimum absolute atomic E-state index is 0.624. The second kappa shape index (κ2) is 19.3. The lowest BCUT2D eigenvalue weighted by Gasteiger charge is -2.00. The fraction of sp³-hybridized carbons (Fsp3) is 0.818. The quantitative estimate of drug-likeness (QED) is 0.523. The Kier molecular flexibility index (Phi) is 22.8. The zero-order valence-electron chi connectivity index (χ0n) is 18.2. The number of unbranched alkanes of at least 4 members (excludes halogenated alkanes) is 2. The maximum absolute atomic E-state index is 3.20. The number of H-pyrrole nitrogens is 1. The van der Waals surface area contributed by atoms with E-state index in [1.807, 2.05) is 20.0 Å². The molecule has 0 unspecified atom stereocenters. The van der Waals surface area contributed by atoms with Crippen LogP contribution in [-0.2, 0) is 0 Å². The summed E-state index contributed by atoms with van der Waals surface area (Å²) in [5, 5.41) is 0. The molecular formula is C22H47N. The summed E-state index contributed by atoms with van der Waals surface area (Å²) in [6.07, 6.45) is 7.64. The van der Waals surface area contributed by atoms with E-state index in [9.17, 15) is 0 Å². The minimum atomic E-state index is 0.624. The van der Waals surface area contributed by atoms with E-state index >= 15 is 0 Å². The number of hydrogen-bond donors (Lipinski definition) is 1. The van der Waals surface area contributed by atoms with Crippen LogP contribution in [0.15, 0.2) is 12.3 Å². The van der Waals surface area contributed by atoms with Crippen LogP contribution in [0.2, 0.25) is 0 Å². The van der Waals surface area contributed by atoms with Crippen molar-refractivity contribution in [3.05, 3.63) is 23.5 Å². The fourth-order valence-corrected chi connectivity index (χ4v) is 1.66. The molecule has 0 saturated heterocycles. The van der Waals surface area contributed by atoms with Gasteiger partial charge in [-0.15, -0.1) is 0 Å². The van der Waals surface area contributed by atoms with Crippen LogP contribution < -0.4 is 0 Å². The van der Waals surface area contributed by atoms with Gasteiger partial charge in [0.05, 0.1) is 0 Å². The largest absolute Gasteiger partial charge is 0.365 e. The third-order valence-electron chi connectivity index (χ3n) is 2.86. The molecule has 0 bridgehead atoms. The van der Waals surface area contributed by atoms with Crippen LogP contribution in [0.1, 0.15) is 112 Å². The number of rotatable bonds is 5. The van der Waals surface area contributed by atoms with E-state index in [1.54, 1.807) is 0 Å². The van der Waals surface area contributed by atoms with Gasteiger partial charge in [-0.05, 0) is 36.3 Å². The molecule has 23 heavy (non-hydrogen) atoms. The zero-order chi connectivity index (χ0) is 18.8.